The molecule has 7 heteroatoms. The number of aromatic nitrogens is 2. The van der Waals surface area contributed by atoms with Gasteiger partial charge in [-0.25, -0.2) is 9.97 Å². The molecule has 1 fully saturated rings. The number of anilines is 1. The predicted octanol–water partition coefficient (Wildman–Crippen LogP) is 1.48. The molecule has 0 radical (unpaired) electrons. The number of halogens is 1. The number of carbonyl (C=O) groups is 1. The molecular formula is C14H21ClN4O2. The lowest BCUT2D eigenvalue weighted by atomic mass is 10.2. The molecule has 1 aliphatic heterocycles. The van der Waals surface area contributed by atoms with Gasteiger partial charge in [-0.1, -0.05) is 11.6 Å². The Bertz CT molecular complexity index is 536. The Morgan fingerprint density at radius 2 is 2.05 bits per heavy atom. The van der Waals surface area contributed by atoms with Gasteiger partial charge in [0, 0.05) is 12.6 Å². The van der Waals surface area contributed by atoms with Crippen molar-refractivity contribution < 1.29 is 9.53 Å². The maximum Gasteiger partial charge on any atom is 0.245 e. The van der Waals surface area contributed by atoms with Crippen molar-refractivity contribution in [3.63, 3.8) is 0 Å². The molecule has 1 atom stereocenters. The third-order valence-electron chi connectivity index (χ3n) is 3.38. The van der Waals surface area contributed by atoms with E-state index in [-0.39, 0.29) is 11.9 Å². The summed E-state index contributed by atoms with van der Waals surface area (Å²) in [4.78, 5) is 23.0. The summed E-state index contributed by atoms with van der Waals surface area (Å²) in [5.41, 5.74) is 1.60. The lowest BCUT2D eigenvalue weighted by molar-refractivity contribution is -0.125. The van der Waals surface area contributed by atoms with Gasteiger partial charge in [0.2, 0.25) is 5.91 Å². The van der Waals surface area contributed by atoms with Crippen LogP contribution in [0.1, 0.15) is 25.2 Å². The standard InChI is InChI=1S/C14H21ClN4O2/c1-8(2)16-14(20)11-7-21-6-5-19(11)13-12(15)17-9(3)10(4)18-13/h8,11H,5-7H2,1-4H3,(H,16,20). The molecule has 0 aliphatic carbocycles. The minimum Gasteiger partial charge on any atom is -0.377 e. The van der Waals surface area contributed by atoms with Gasteiger partial charge in [0.15, 0.2) is 11.0 Å². The number of nitrogens with zero attached hydrogens (tertiary/aromatic N) is 3. The van der Waals surface area contributed by atoms with Crippen LogP contribution in [0.4, 0.5) is 5.82 Å². The van der Waals surface area contributed by atoms with E-state index in [9.17, 15) is 4.79 Å². The second-order valence-electron chi connectivity index (χ2n) is 5.46. The first kappa shape index (κ1) is 16.0. The lowest BCUT2D eigenvalue weighted by Crippen LogP contribution is -2.55. The number of carbonyl (C=O) groups excluding carboxylic acids is 1. The van der Waals surface area contributed by atoms with E-state index >= 15 is 0 Å². The monoisotopic (exact) mass is 312 g/mol. The van der Waals surface area contributed by atoms with E-state index in [2.05, 4.69) is 15.3 Å². The Morgan fingerprint density at radius 3 is 2.71 bits per heavy atom. The molecule has 21 heavy (non-hydrogen) atoms. The average molecular weight is 313 g/mol. The Morgan fingerprint density at radius 1 is 1.38 bits per heavy atom. The maximum absolute atomic E-state index is 12.3. The topological polar surface area (TPSA) is 67.4 Å². The van der Waals surface area contributed by atoms with Gasteiger partial charge < -0.3 is 15.0 Å². The highest BCUT2D eigenvalue weighted by molar-refractivity contribution is 6.31. The average Bonchev–Trinajstić information content (AvgIpc) is 2.42. The Labute approximate surface area is 129 Å². The Hall–Kier alpha value is -1.40. The largest absolute Gasteiger partial charge is 0.377 e. The second kappa shape index (κ2) is 6.58. The highest BCUT2D eigenvalue weighted by Crippen LogP contribution is 2.26. The van der Waals surface area contributed by atoms with Crippen LogP contribution in [0.5, 0.6) is 0 Å². The van der Waals surface area contributed by atoms with E-state index in [1.165, 1.54) is 0 Å². The molecule has 1 amide bonds. The summed E-state index contributed by atoms with van der Waals surface area (Å²) in [5, 5.41) is 3.23. The number of rotatable bonds is 3. The summed E-state index contributed by atoms with van der Waals surface area (Å²) >= 11 is 6.22. The number of ether oxygens (including phenoxy) is 1. The highest BCUT2D eigenvalue weighted by Gasteiger charge is 2.32. The lowest BCUT2D eigenvalue weighted by Gasteiger charge is -2.36. The van der Waals surface area contributed by atoms with Crippen molar-refractivity contribution in [2.24, 2.45) is 0 Å². The summed E-state index contributed by atoms with van der Waals surface area (Å²) in [6.45, 7) is 9.02. The molecule has 2 heterocycles. The fourth-order valence-corrected chi connectivity index (χ4v) is 2.48. The Balaban J connectivity index is 2.30. The number of nitrogens with one attached hydrogen (secondary N) is 1. The summed E-state index contributed by atoms with van der Waals surface area (Å²) in [6, 6.07) is -0.363. The predicted molar refractivity (Wildman–Crippen MR) is 81.7 cm³/mol. The first-order chi connectivity index (χ1) is 9.90. The zero-order chi connectivity index (χ0) is 15.6. The van der Waals surface area contributed by atoms with Crippen molar-refractivity contribution in [1.29, 1.82) is 0 Å². The quantitative estimate of drug-likeness (QED) is 0.915. The minimum absolute atomic E-state index is 0.0718. The molecule has 1 aliphatic rings. The first-order valence-electron chi connectivity index (χ1n) is 7.05. The van der Waals surface area contributed by atoms with Crippen LogP contribution in [0.3, 0.4) is 0 Å². The number of hydrogen-bond donors (Lipinski definition) is 1. The van der Waals surface area contributed by atoms with Crippen molar-refractivity contribution in [2.45, 2.75) is 39.8 Å². The van der Waals surface area contributed by atoms with E-state index in [0.717, 1.165) is 11.4 Å². The van der Waals surface area contributed by atoms with Crippen LogP contribution in [-0.2, 0) is 9.53 Å². The maximum atomic E-state index is 12.3. The smallest absolute Gasteiger partial charge is 0.245 e. The van der Waals surface area contributed by atoms with Crippen molar-refractivity contribution in [3.8, 4) is 0 Å². The van der Waals surface area contributed by atoms with E-state index in [1.807, 2.05) is 32.6 Å². The highest BCUT2D eigenvalue weighted by atomic mass is 35.5. The van der Waals surface area contributed by atoms with Gasteiger partial charge in [-0.2, -0.15) is 0 Å². The van der Waals surface area contributed by atoms with Crippen molar-refractivity contribution >= 4 is 23.3 Å². The molecule has 0 spiro atoms. The number of aryl methyl sites for hydroxylation is 2. The molecule has 116 valence electrons. The van der Waals surface area contributed by atoms with Crippen LogP contribution >= 0.6 is 11.6 Å². The summed E-state index contributed by atoms with van der Waals surface area (Å²) in [7, 11) is 0. The van der Waals surface area contributed by atoms with Gasteiger partial charge >= 0.3 is 0 Å². The zero-order valence-corrected chi connectivity index (χ0v) is 13.6. The van der Waals surface area contributed by atoms with Crippen molar-refractivity contribution in [1.82, 2.24) is 15.3 Å². The number of amides is 1. The normalized spacial score (nSPS) is 19.0. The van der Waals surface area contributed by atoms with Gasteiger partial charge in [0.25, 0.3) is 0 Å². The molecule has 1 saturated heterocycles. The van der Waals surface area contributed by atoms with E-state index in [4.69, 9.17) is 16.3 Å². The Kier molecular flexibility index (Phi) is 5.00. The summed E-state index contributed by atoms with van der Waals surface area (Å²) < 4.78 is 5.44. The minimum atomic E-state index is -0.435. The molecule has 0 bridgehead atoms. The molecule has 2 rings (SSSR count). The van der Waals surface area contributed by atoms with E-state index < -0.39 is 6.04 Å². The number of hydrogen-bond acceptors (Lipinski definition) is 5. The van der Waals surface area contributed by atoms with Crippen LogP contribution in [0.25, 0.3) is 0 Å². The van der Waals surface area contributed by atoms with Crippen LogP contribution in [0, 0.1) is 13.8 Å². The van der Waals surface area contributed by atoms with Gasteiger partial charge in [-0.05, 0) is 27.7 Å². The zero-order valence-electron chi connectivity index (χ0n) is 12.8. The first-order valence-corrected chi connectivity index (χ1v) is 7.43. The van der Waals surface area contributed by atoms with Crippen LogP contribution in [0.15, 0.2) is 0 Å². The molecule has 1 N–H and O–H groups in total. The van der Waals surface area contributed by atoms with E-state index in [0.29, 0.717) is 30.7 Å². The van der Waals surface area contributed by atoms with Gasteiger partial charge in [0.1, 0.15) is 6.04 Å². The summed E-state index contributed by atoms with van der Waals surface area (Å²) in [6.07, 6.45) is 0. The fraction of sp³-hybridized carbons (Fsp3) is 0.643. The second-order valence-corrected chi connectivity index (χ2v) is 5.81. The molecule has 6 nitrogen and oxygen atoms in total. The molecular weight excluding hydrogens is 292 g/mol. The van der Waals surface area contributed by atoms with Gasteiger partial charge in [-0.15, -0.1) is 0 Å². The third-order valence-corrected chi connectivity index (χ3v) is 3.64. The SMILES string of the molecule is Cc1nc(Cl)c(N2CCOCC2C(=O)NC(C)C)nc1C. The van der Waals surface area contributed by atoms with Crippen LogP contribution in [-0.4, -0.2) is 47.7 Å². The third kappa shape index (κ3) is 3.63. The molecule has 1 aromatic heterocycles. The molecule has 1 unspecified atom stereocenters. The van der Waals surface area contributed by atoms with Crippen LogP contribution < -0.4 is 10.2 Å². The van der Waals surface area contributed by atoms with Crippen molar-refractivity contribution in [3.05, 3.63) is 16.5 Å². The molecule has 0 aromatic carbocycles. The summed E-state index contributed by atoms with van der Waals surface area (Å²) in [5.74, 6) is 0.466. The van der Waals surface area contributed by atoms with Gasteiger partial charge in [-0.3, -0.25) is 4.79 Å². The van der Waals surface area contributed by atoms with E-state index in [1.54, 1.807) is 0 Å². The fourth-order valence-electron chi connectivity index (χ4n) is 2.20. The number of morpholine rings is 1. The molecule has 1 aromatic rings. The van der Waals surface area contributed by atoms with Gasteiger partial charge in [0.05, 0.1) is 24.6 Å². The van der Waals surface area contributed by atoms with Crippen LogP contribution in [0.2, 0.25) is 5.15 Å². The molecule has 0 saturated carbocycles. The van der Waals surface area contributed by atoms with Crippen molar-refractivity contribution in [2.75, 3.05) is 24.7 Å².